The summed E-state index contributed by atoms with van der Waals surface area (Å²) in [4.78, 5) is 22.4. The van der Waals surface area contributed by atoms with Crippen molar-refractivity contribution in [3.63, 3.8) is 0 Å². The number of carboxylic acids is 1. The van der Waals surface area contributed by atoms with E-state index in [1.165, 1.54) is 13.3 Å². The fraction of sp³-hybridized carbons (Fsp3) is 0.857. The number of hydrogen-bond acceptors (Lipinski definition) is 4. The molecule has 4 fully saturated rings. The van der Waals surface area contributed by atoms with Crippen molar-refractivity contribution in [3.05, 3.63) is 0 Å². The molecule has 4 rings (SSSR count). The van der Waals surface area contributed by atoms with Crippen LogP contribution >= 0.6 is 0 Å². The van der Waals surface area contributed by atoms with Gasteiger partial charge in [0, 0.05) is 12.8 Å². The molecule has 4 nitrogen and oxygen atoms in total. The number of carbonyl (C=O) groups excluding carboxylic acids is 2. The molecule has 0 saturated heterocycles. The number of aliphatic carboxylic acids is 1. The van der Waals surface area contributed by atoms with Crippen LogP contribution in [0.25, 0.3) is 0 Å². The summed E-state index contributed by atoms with van der Waals surface area (Å²) in [6, 6.07) is 0. The number of ether oxygens (including phenoxy) is 1. The van der Waals surface area contributed by atoms with Crippen molar-refractivity contribution in [1.82, 2.24) is 0 Å². The molecular formula is C14H19O4-. The molecular weight excluding hydrogens is 232 g/mol. The Bertz CT molecular complexity index is 348. The van der Waals surface area contributed by atoms with Crippen LogP contribution in [0, 0.1) is 29.6 Å². The van der Waals surface area contributed by atoms with E-state index in [0.29, 0.717) is 11.8 Å². The van der Waals surface area contributed by atoms with Crippen molar-refractivity contribution in [2.24, 2.45) is 29.6 Å². The smallest absolute Gasteiger partial charge is 0.303 e. The summed E-state index contributed by atoms with van der Waals surface area (Å²) in [7, 11) is 0. The summed E-state index contributed by atoms with van der Waals surface area (Å²) in [5, 5.41) is 11.3. The van der Waals surface area contributed by atoms with Gasteiger partial charge in [-0.25, -0.2) is 0 Å². The summed E-state index contributed by atoms with van der Waals surface area (Å²) in [6.45, 7) is 1.27. The van der Waals surface area contributed by atoms with E-state index in [9.17, 15) is 14.7 Å². The van der Waals surface area contributed by atoms with Gasteiger partial charge in [0.25, 0.3) is 0 Å². The van der Waals surface area contributed by atoms with Crippen molar-refractivity contribution >= 4 is 11.9 Å². The normalized spacial score (nSPS) is 42.6. The third kappa shape index (κ3) is 1.91. The maximum absolute atomic E-state index is 11.3. The van der Waals surface area contributed by atoms with E-state index in [1.54, 1.807) is 0 Å². The van der Waals surface area contributed by atoms with Gasteiger partial charge in [-0.05, 0) is 55.8 Å². The third-order valence-electron chi connectivity index (χ3n) is 5.17. The Balaban J connectivity index is 1.81. The lowest BCUT2D eigenvalue weighted by molar-refractivity contribution is -0.321. The van der Waals surface area contributed by atoms with Gasteiger partial charge in [-0.1, -0.05) is 0 Å². The van der Waals surface area contributed by atoms with Gasteiger partial charge >= 0.3 is 5.97 Å². The summed E-state index contributed by atoms with van der Waals surface area (Å²) < 4.78 is 5.04. The molecule has 100 valence electrons. The van der Waals surface area contributed by atoms with E-state index in [-0.39, 0.29) is 5.92 Å². The minimum absolute atomic E-state index is 0.00769. The molecule has 4 saturated carbocycles. The Morgan fingerprint density at radius 2 is 1.56 bits per heavy atom. The summed E-state index contributed by atoms with van der Waals surface area (Å²) in [5.41, 5.74) is 0. The number of esters is 1. The van der Waals surface area contributed by atoms with E-state index in [0.717, 1.165) is 37.5 Å². The predicted molar refractivity (Wildman–Crippen MR) is 61.1 cm³/mol. The van der Waals surface area contributed by atoms with Crippen molar-refractivity contribution in [2.45, 2.75) is 45.1 Å². The van der Waals surface area contributed by atoms with Crippen molar-refractivity contribution in [1.29, 1.82) is 0 Å². The molecule has 1 unspecified atom stereocenters. The van der Waals surface area contributed by atoms with Gasteiger partial charge in [0.1, 0.15) is 6.10 Å². The highest BCUT2D eigenvalue weighted by Gasteiger charge is 2.51. The van der Waals surface area contributed by atoms with Gasteiger partial charge in [0.15, 0.2) is 0 Å². The average molecular weight is 251 g/mol. The van der Waals surface area contributed by atoms with Crippen LogP contribution in [0.15, 0.2) is 0 Å². The van der Waals surface area contributed by atoms with Crippen LogP contribution in [0.5, 0.6) is 0 Å². The first-order valence-corrected chi connectivity index (χ1v) is 6.92. The molecule has 0 radical (unpaired) electrons. The molecule has 4 bridgehead atoms. The third-order valence-corrected chi connectivity index (χ3v) is 5.17. The fourth-order valence-corrected chi connectivity index (χ4v) is 4.92. The Kier molecular flexibility index (Phi) is 2.83. The van der Waals surface area contributed by atoms with E-state index < -0.39 is 18.0 Å². The SMILES string of the molecule is CC(=O)OC(C(=O)[O-])C1C2CC3CC(C2)CC1C3. The van der Waals surface area contributed by atoms with Crippen LogP contribution in [-0.4, -0.2) is 18.0 Å². The monoisotopic (exact) mass is 251 g/mol. The number of rotatable bonds is 3. The predicted octanol–water partition coefficient (Wildman–Crippen LogP) is 0.740. The standard InChI is InChI=1S/C14H20O4/c1-7(15)18-13(14(16)17)12-10-3-8-2-9(5-10)6-11(12)4-8/h8-13H,2-6H2,1H3,(H,16,17)/p-1. The molecule has 0 aromatic rings. The average Bonchev–Trinajstić information content (AvgIpc) is 2.25. The number of carboxylic acid groups (broad SMARTS) is 1. The summed E-state index contributed by atoms with van der Waals surface area (Å²) in [6.07, 6.45) is 4.75. The quantitative estimate of drug-likeness (QED) is 0.694. The number of carbonyl (C=O) groups is 2. The number of hydrogen-bond donors (Lipinski definition) is 0. The maximum atomic E-state index is 11.3. The van der Waals surface area contributed by atoms with E-state index in [4.69, 9.17) is 4.74 Å². The topological polar surface area (TPSA) is 66.4 Å². The maximum Gasteiger partial charge on any atom is 0.303 e. The van der Waals surface area contributed by atoms with Crippen LogP contribution in [0.1, 0.15) is 39.0 Å². The first-order valence-electron chi connectivity index (χ1n) is 6.92. The lowest BCUT2D eigenvalue weighted by Crippen LogP contribution is -2.55. The van der Waals surface area contributed by atoms with Crippen molar-refractivity contribution in [2.75, 3.05) is 0 Å². The molecule has 1 atom stereocenters. The van der Waals surface area contributed by atoms with Crippen molar-refractivity contribution in [3.8, 4) is 0 Å². The van der Waals surface area contributed by atoms with Crippen LogP contribution < -0.4 is 5.11 Å². The zero-order valence-corrected chi connectivity index (χ0v) is 10.6. The first kappa shape index (κ1) is 12.0. The molecule has 18 heavy (non-hydrogen) atoms. The minimum Gasteiger partial charge on any atom is -0.546 e. The van der Waals surface area contributed by atoms with Crippen LogP contribution in [0.3, 0.4) is 0 Å². The summed E-state index contributed by atoms with van der Waals surface area (Å²) in [5.74, 6) is 0.659. The molecule has 0 aromatic heterocycles. The highest BCUT2D eigenvalue weighted by Crippen LogP contribution is 2.57. The van der Waals surface area contributed by atoms with E-state index >= 15 is 0 Å². The molecule has 0 heterocycles. The van der Waals surface area contributed by atoms with Crippen LogP contribution in [-0.2, 0) is 14.3 Å². The molecule has 0 aromatic carbocycles. The lowest BCUT2D eigenvalue weighted by Gasteiger charge is -2.56. The second kappa shape index (κ2) is 4.25. The molecule has 0 N–H and O–H groups in total. The molecule has 4 aliphatic rings. The zero-order chi connectivity index (χ0) is 12.9. The molecule has 0 amide bonds. The Labute approximate surface area is 107 Å². The van der Waals surface area contributed by atoms with Gasteiger partial charge in [0.2, 0.25) is 0 Å². The van der Waals surface area contributed by atoms with Crippen molar-refractivity contribution < 1.29 is 19.4 Å². The second-order valence-corrected chi connectivity index (χ2v) is 6.36. The second-order valence-electron chi connectivity index (χ2n) is 6.36. The van der Waals surface area contributed by atoms with E-state index in [1.807, 2.05) is 0 Å². The molecule has 4 heteroatoms. The first-order chi connectivity index (χ1) is 8.54. The Hall–Kier alpha value is -1.06. The largest absolute Gasteiger partial charge is 0.546 e. The highest BCUT2D eigenvalue weighted by molar-refractivity contribution is 5.76. The molecule has 0 spiro atoms. The summed E-state index contributed by atoms with van der Waals surface area (Å²) >= 11 is 0. The molecule has 0 aliphatic heterocycles. The van der Waals surface area contributed by atoms with Gasteiger partial charge in [-0.15, -0.1) is 0 Å². The lowest BCUT2D eigenvalue weighted by atomic mass is 9.51. The van der Waals surface area contributed by atoms with Gasteiger partial charge in [-0.3, -0.25) is 4.79 Å². The van der Waals surface area contributed by atoms with E-state index in [2.05, 4.69) is 0 Å². The van der Waals surface area contributed by atoms with Gasteiger partial charge in [-0.2, -0.15) is 0 Å². The minimum atomic E-state index is -1.22. The van der Waals surface area contributed by atoms with Gasteiger partial charge < -0.3 is 14.6 Å². The van der Waals surface area contributed by atoms with Crippen LogP contribution in [0.4, 0.5) is 0 Å². The fourth-order valence-electron chi connectivity index (χ4n) is 4.92. The Morgan fingerprint density at radius 1 is 1.06 bits per heavy atom. The Morgan fingerprint density at radius 3 is 1.94 bits per heavy atom. The van der Waals surface area contributed by atoms with Crippen LogP contribution in [0.2, 0.25) is 0 Å². The molecule has 4 aliphatic carbocycles. The highest BCUT2D eigenvalue weighted by atomic mass is 16.6. The van der Waals surface area contributed by atoms with Gasteiger partial charge in [0.05, 0.1) is 5.97 Å². The zero-order valence-electron chi connectivity index (χ0n) is 10.6.